The minimum atomic E-state index is 0.396. The summed E-state index contributed by atoms with van der Waals surface area (Å²) in [5, 5.41) is 0. The highest BCUT2D eigenvalue weighted by Crippen LogP contribution is 2.21. The maximum Gasteiger partial charge on any atom is 0.0906 e. The molecule has 1 aliphatic heterocycles. The SMILES string of the molecule is CC1COCc2nccnc21. The van der Waals surface area contributed by atoms with Crippen molar-refractivity contribution in [3.05, 3.63) is 23.8 Å². The molecule has 2 rings (SSSR count). The van der Waals surface area contributed by atoms with Gasteiger partial charge in [0.1, 0.15) is 0 Å². The zero-order valence-corrected chi connectivity index (χ0v) is 6.45. The van der Waals surface area contributed by atoms with Gasteiger partial charge in [-0.3, -0.25) is 9.97 Å². The first kappa shape index (κ1) is 6.73. The zero-order valence-electron chi connectivity index (χ0n) is 6.45. The lowest BCUT2D eigenvalue weighted by atomic mass is 10.1. The van der Waals surface area contributed by atoms with E-state index in [9.17, 15) is 0 Å². The topological polar surface area (TPSA) is 35.0 Å². The number of ether oxygens (including phenoxy) is 1. The van der Waals surface area contributed by atoms with Crippen molar-refractivity contribution in [1.82, 2.24) is 9.97 Å². The highest BCUT2D eigenvalue weighted by Gasteiger charge is 2.18. The van der Waals surface area contributed by atoms with Crippen LogP contribution in [0.3, 0.4) is 0 Å². The Morgan fingerprint density at radius 3 is 3.09 bits per heavy atom. The molecule has 1 atom stereocenters. The van der Waals surface area contributed by atoms with Gasteiger partial charge in [-0.2, -0.15) is 0 Å². The average molecular weight is 150 g/mol. The highest BCUT2D eigenvalue weighted by atomic mass is 16.5. The van der Waals surface area contributed by atoms with Gasteiger partial charge in [0.05, 0.1) is 24.6 Å². The summed E-state index contributed by atoms with van der Waals surface area (Å²) in [7, 11) is 0. The van der Waals surface area contributed by atoms with Crippen molar-refractivity contribution in [3.63, 3.8) is 0 Å². The second-order valence-electron chi connectivity index (χ2n) is 2.80. The van der Waals surface area contributed by atoms with Gasteiger partial charge < -0.3 is 4.74 Å². The van der Waals surface area contributed by atoms with Crippen molar-refractivity contribution in [3.8, 4) is 0 Å². The molecule has 0 aromatic carbocycles. The van der Waals surface area contributed by atoms with Crippen molar-refractivity contribution in [2.24, 2.45) is 0 Å². The summed E-state index contributed by atoms with van der Waals surface area (Å²) in [6.45, 7) is 3.49. The second-order valence-corrected chi connectivity index (χ2v) is 2.80. The van der Waals surface area contributed by atoms with Crippen molar-refractivity contribution in [2.75, 3.05) is 6.61 Å². The Hall–Kier alpha value is -0.960. The molecule has 1 aromatic heterocycles. The molecule has 0 fully saturated rings. The molecule has 0 saturated carbocycles. The molecule has 0 amide bonds. The van der Waals surface area contributed by atoms with Crippen LogP contribution in [0.25, 0.3) is 0 Å². The lowest BCUT2D eigenvalue weighted by Crippen LogP contribution is -2.16. The quantitative estimate of drug-likeness (QED) is 0.555. The smallest absolute Gasteiger partial charge is 0.0906 e. The molecule has 0 bridgehead atoms. The third kappa shape index (κ3) is 1.12. The van der Waals surface area contributed by atoms with E-state index in [0.29, 0.717) is 12.5 Å². The molecular formula is C8H10N2O. The molecule has 0 N–H and O–H groups in total. The number of hydrogen-bond donors (Lipinski definition) is 0. The maximum absolute atomic E-state index is 5.31. The van der Waals surface area contributed by atoms with Gasteiger partial charge >= 0.3 is 0 Å². The van der Waals surface area contributed by atoms with E-state index in [-0.39, 0.29) is 0 Å². The van der Waals surface area contributed by atoms with Crippen LogP contribution in [0.4, 0.5) is 0 Å². The zero-order chi connectivity index (χ0) is 7.68. The fraction of sp³-hybridized carbons (Fsp3) is 0.500. The summed E-state index contributed by atoms with van der Waals surface area (Å²) < 4.78 is 5.31. The van der Waals surface area contributed by atoms with Crippen molar-refractivity contribution >= 4 is 0 Å². The molecule has 1 unspecified atom stereocenters. The Balaban J connectivity index is 2.44. The van der Waals surface area contributed by atoms with E-state index < -0.39 is 0 Å². The summed E-state index contributed by atoms with van der Waals surface area (Å²) >= 11 is 0. The van der Waals surface area contributed by atoms with Gasteiger partial charge in [0, 0.05) is 18.3 Å². The summed E-state index contributed by atoms with van der Waals surface area (Å²) in [5.41, 5.74) is 2.09. The van der Waals surface area contributed by atoms with Crippen LogP contribution in [0.2, 0.25) is 0 Å². The lowest BCUT2D eigenvalue weighted by molar-refractivity contribution is 0.0899. The molecule has 58 valence electrons. The van der Waals surface area contributed by atoms with Crippen molar-refractivity contribution < 1.29 is 4.74 Å². The fourth-order valence-electron chi connectivity index (χ4n) is 1.31. The summed E-state index contributed by atoms with van der Waals surface area (Å²) in [4.78, 5) is 8.44. The molecule has 1 aliphatic rings. The van der Waals surface area contributed by atoms with E-state index in [2.05, 4.69) is 16.9 Å². The Kier molecular flexibility index (Phi) is 1.58. The van der Waals surface area contributed by atoms with Gasteiger partial charge in [0.25, 0.3) is 0 Å². The Morgan fingerprint density at radius 2 is 2.27 bits per heavy atom. The Labute approximate surface area is 65.4 Å². The van der Waals surface area contributed by atoms with E-state index in [0.717, 1.165) is 18.0 Å². The first-order valence-corrected chi connectivity index (χ1v) is 3.75. The van der Waals surface area contributed by atoms with Crippen molar-refractivity contribution in [1.29, 1.82) is 0 Å². The lowest BCUT2D eigenvalue weighted by Gasteiger charge is -2.19. The van der Waals surface area contributed by atoms with E-state index >= 15 is 0 Å². The molecular weight excluding hydrogens is 140 g/mol. The molecule has 0 radical (unpaired) electrons. The number of fused-ring (bicyclic) bond motifs is 1. The largest absolute Gasteiger partial charge is 0.374 e. The monoisotopic (exact) mass is 150 g/mol. The third-order valence-electron chi connectivity index (χ3n) is 1.88. The van der Waals surface area contributed by atoms with E-state index in [1.54, 1.807) is 12.4 Å². The molecule has 0 saturated heterocycles. The van der Waals surface area contributed by atoms with Crippen LogP contribution in [0, 0.1) is 0 Å². The van der Waals surface area contributed by atoms with Crippen LogP contribution in [0.1, 0.15) is 24.2 Å². The van der Waals surface area contributed by atoms with E-state index in [1.165, 1.54) is 0 Å². The third-order valence-corrected chi connectivity index (χ3v) is 1.88. The minimum Gasteiger partial charge on any atom is -0.374 e. The maximum atomic E-state index is 5.31. The molecule has 3 nitrogen and oxygen atoms in total. The van der Waals surface area contributed by atoms with Crippen molar-refractivity contribution in [2.45, 2.75) is 19.4 Å². The van der Waals surface area contributed by atoms with E-state index in [4.69, 9.17) is 4.74 Å². The predicted octanol–water partition coefficient (Wildman–Crippen LogP) is 1.11. The van der Waals surface area contributed by atoms with Crippen LogP contribution < -0.4 is 0 Å². The van der Waals surface area contributed by atoms with Gasteiger partial charge in [-0.25, -0.2) is 0 Å². The summed E-state index contributed by atoms with van der Waals surface area (Å²) in [6.07, 6.45) is 3.45. The number of rotatable bonds is 0. The van der Waals surface area contributed by atoms with Crippen LogP contribution in [0.5, 0.6) is 0 Å². The Morgan fingerprint density at radius 1 is 1.45 bits per heavy atom. The number of hydrogen-bond acceptors (Lipinski definition) is 3. The first-order chi connectivity index (χ1) is 5.38. The average Bonchev–Trinajstić information content (AvgIpc) is 2.06. The molecule has 1 aromatic rings. The molecule has 11 heavy (non-hydrogen) atoms. The summed E-state index contributed by atoms with van der Waals surface area (Å²) in [5.74, 6) is 0.396. The van der Waals surface area contributed by atoms with Gasteiger partial charge in [0.15, 0.2) is 0 Å². The van der Waals surface area contributed by atoms with E-state index in [1.807, 2.05) is 0 Å². The van der Waals surface area contributed by atoms with Gasteiger partial charge in [-0.15, -0.1) is 0 Å². The highest BCUT2D eigenvalue weighted by molar-refractivity contribution is 5.16. The normalized spacial score (nSPS) is 22.8. The second kappa shape index (κ2) is 2.58. The fourth-order valence-corrected chi connectivity index (χ4v) is 1.31. The van der Waals surface area contributed by atoms with Gasteiger partial charge in [0.2, 0.25) is 0 Å². The molecule has 0 spiro atoms. The van der Waals surface area contributed by atoms with Gasteiger partial charge in [-0.05, 0) is 0 Å². The first-order valence-electron chi connectivity index (χ1n) is 3.75. The number of nitrogens with zero attached hydrogens (tertiary/aromatic N) is 2. The molecule has 0 aliphatic carbocycles. The minimum absolute atomic E-state index is 0.396. The number of aromatic nitrogens is 2. The molecule has 3 heteroatoms. The van der Waals surface area contributed by atoms with Crippen LogP contribution in [-0.4, -0.2) is 16.6 Å². The van der Waals surface area contributed by atoms with Gasteiger partial charge in [-0.1, -0.05) is 6.92 Å². The molecule has 2 heterocycles. The van der Waals surface area contributed by atoms with Crippen LogP contribution >= 0.6 is 0 Å². The standard InChI is InChI=1S/C8H10N2O/c1-6-4-11-5-7-8(6)10-3-2-9-7/h2-3,6H,4-5H2,1H3. The summed E-state index contributed by atoms with van der Waals surface area (Å²) in [6, 6.07) is 0. The van der Waals surface area contributed by atoms with Crippen LogP contribution in [0.15, 0.2) is 12.4 Å². The predicted molar refractivity (Wildman–Crippen MR) is 40.1 cm³/mol. The Bertz CT molecular complexity index is 262. The van der Waals surface area contributed by atoms with Crippen LogP contribution in [-0.2, 0) is 11.3 Å².